The molecule has 0 saturated heterocycles. The molecule has 0 unspecified atom stereocenters. The van der Waals surface area contributed by atoms with Crippen molar-refractivity contribution in [2.45, 2.75) is 25.0 Å². The van der Waals surface area contributed by atoms with Gasteiger partial charge in [-0.25, -0.2) is 8.78 Å². The van der Waals surface area contributed by atoms with Crippen LogP contribution in [0.2, 0.25) is 0 Å². The van der Waals surface area contributed by atoms with E-state index < -0.39 is 6.43 Å². The normalized spacial score (nSPS) is 11.9. The molecule has 0 spiro atoms. The Hall–Kier alpha value is -0.970. The Labute approximate surface area is 105 Å². The van der Waals surface area contributed by atoms with Crippen molar-refractivity contribution in [1.29, 1.82) is 0 Å². The Kier molecular flexibility index (Phi) is 4.62. The number of benzene rings is 1. The van der Waals surface area contributed by atoms with E-state index in [2.05, 4.69) is 19.2 Å². The van der Waals surface area contributed by atoms with Crippen LogP contribution in [0.5, 0.6) is 0 Å². The van der Waals surface area contributed by atoms with Gasteiger partial charge in [0.15, 0.2) is 0 Å². The zero-order chi connectivity index (χ0) is 13.1. The van der Waals surface area contributed by atoms with Crippen LogP contribution in [0.25, 0.3) is 0 Å². The van der Waals surface area contributed by atoms with Gasteiger partial charge in [-0.1, -0.05) is 0 Å². The number of hydrogen-bond donors (Lipinski definition) is 2. The van der Waals surface area contributed by atoms with Gasteiger partial charge in [0, 0.05) is 28.2 Å². The minimum Gasteiger partial charge on any atom is -0.399 e. The highest BCUT2D eigenvalue weighted by molar-refractivity contribution is 7.99. The van der Waals surface area contributed by atoms with Gasteiger partial charge in [0.25, 0.3) is 6.43 Å². The van der Waals surface area contributed by atoms with Crippen molar-refractivity contribution in [2.75, 3.05) is 23.9 Å². The first kappa shape index (κ1) is 14.1. The maximum atomic E-state index is 12.8. The van der Waals surface area contributed by atoms with Crippen molar-refractivity contribution in [1.82, 2.24) is 0 Å². The smallest absolute Gasteiger partial charge is 0.265 e. The zero-order valence-electron chi connectivity index (χ0n) is 10.3. The van der Waals surface area contributed by atoms with Gasteiger partial charge in [-0.05, 0) is 38.3 Å². The largest absolute Gasteiger partial charge is 0.399 e. The predicted octanol–water partition coefficient (Wildman–Crippen LogP) is 3.76. The average molecular weight is 260 g/mol. The third-order valence-corrected chi connectivity index (χ3v) is 3.82. The molecule has 96 valence electrons. The zero-order valence-corrected chi connectivity index (χ0v) is 11.1. The van der Waals surface area contributed by atoms with Crippen LogP contribution in [0.1, 0.15) is 25.8 Å². The minimum absolute atomic E-state index is 0.000772. The predicted molar refractivity (Wildman–Crippen MR) is 71.9 cm³/mol. The summed E-state index contributed by atoms with van der Waals surface area (Å²) in [5.41, 5.74) is 6.28. The monoisotopic (exact) mass is 260 g/mol. The van der Waals surface area contributed by atoms with Crippen molar-refractivity contribution in [3.63, 3.8) is 0 Å². The van der Waals surface area contributed by atoms with Gasteiger partial charge in [-0.15, -0.1) is 0 Å². The topological polar surface area (TPSA) is 38.0 Å². The number of rotatable bonds is 5. The molecule has 0 saturated carbocycles. The lowest BCUT2D eigenvalue weighted by Gasteiger charge is -2.24. The second-order valence-corrected chi connectivity index (χ2v) is 5.98. The number of nitrogens with one attached hydrogen (secondary N) is 1. The highest BCUT2D eigenvalue weighted by Crippen LogP contribution is 2.30. The summed E-state index contributed by atoms with van der Waals surface area (Å²) >= 11 is 1.69. The van der Waals surface area contributed by atoms with Gasteiger partial charge < -0.3 is 11.1 Å². The first-order chi connectivity index (χ1) is 7.85. The number of halogens is 2. The number of hydrogen-bond acceptors (Lipinski definition) is 3. The van der Waals surface area contributed by atoms with E-state index in [1.165, 1.54) is 6.07 Å². The van der Waals surface area contributed by atoms with Crippen LogP contribution in [0.4, 0.5) is 20.2 Å². The standard InChI is InChI=1S/C12H18F2N2S/c1-12(2,17-3)7-16-10-5-4-8(15)6-9(10)11(13)14/h4-6,11,16H,7,15H2,1-3H3. The molecule has 0 aliphatic heterocycles. The number of thioether (sulfide) groups is 1. The third kappa shape index (κ3) is 4.07. The summed E-state index contributed by atoms with van der Waals surface area (Å²) in [7, 11) is 0. The molecule has 1 rings (SSSR count). The van der Waals surface area contributed by atoms with Gasteiger partial charge in [0.05, 0.1) is 0 Å². The van der Waals surface area contributed by atoms with Crippen LogP contribution >= 0.6 is 11.8 Å². The Morgan fingerprint density at radius 1 is 1.41 bits per heavy atom. The van der Waals surface area contributed by atoms with Crippen LogP contribution in [-0.2, 0) is 0 Å². The molecule has 0 bridgehead atoms. The maximum absolute atomic E-state index is 12.8. The molecule has 0 amide bonds. The quantitative estimate of drug-likeness (QED) is 0.792. The van der Waals surface area contributed by atoms with Crippen LogP contribution in [0.3, 0.4) is 0 Å². The molecule has 0 radical (unpaired) electrons. The van der Waals surface area contributed by atoms with E-state index in [0.717, 1.165) is 0 Å². The molecule has 0 aliphatic carbocycles. The van der Waals surface area contributed by atoms with Gasteiger partial charge >= 0.3 is 0 Å². The van der Waals surface area contributed by atoms with Crippen molar-refractivity contribution < 1.29 is 8.78 Å². The van der Waals surface area contributed by atoms with E-state index in [0.29, 0.717) is 17.9 Å². The molecule has 1 aromatic rings. The van der Waals surface area contributed by atoms with E-state index in [-0.39, 0.29) is 10.3 Å². The molecule has 5 heteroatoms. The highest BCUT2D eigenvalue weighted by Gasteiger charge is 2.18. The molecule has 0 aliphatic rings. The fraction of sp³-hybridized carbons (Fsp3) is 0.500. The molecule has 0 aromatic heterocycles. The highest BCUT2D eigenvalue weighted by atomic mass is 32.2. The number of alkyl halides is 2. The van der Waals surface area contributed by atoms with E-state index >= 15 is 0 Å². The summed E-state index contributed by atoms with van der Waals surface area (Å²) in [4.78, 5) is 0. The SMILES string of the molecule is CSC(C)(C)CNc1ccc(N)cc1C(F)F. The summed E-state index contributed by atoms with van der Waals surface area (Å²) < 4.78 is 25.6. The minimum atomic E-state index is -2.52. The summed E-state index contributed by atoms with van der Waals surface area (Å²) in [6.45, 7) is 4.74. The summed E-state index contributed by atoms with van der Waals surface area (Å²) in [6, 6.07) is 4.55. The first-order valence-electron chi connectivity index (χ1n) is 5.32. The number of nitrogens with two attached hydrogens (primary N) is 1. The van der Waals surface area contributed by atoms with Crippen LogP contribution in [-0.4, -0.2) is 17.5 Å². The lowest BCUT2D eigenvalue weighted by atomic mass is 10.1. The van der Waals surface area contributed by atoms with E-state index in [1.54, 1.807) is 23.9 Å². The van der Waals surface area contributed by atoms with Crippen molar-refractivity contribution in [3.8, 4) is 0 Å². The Morgan fingerprint density at radius 3 is 2.59 bits per heavy atom. The second-order valence-electron chi connectivity index (χ2n) is 4.46. The van der Waals surface area contributed by atoms with Gasteiger partial charge in [0.2, 0.25) is 0 Å². The van der Waals surface area contributed by atoms with Crippen molar-refractivity contribution in [2.24, 2.45) is 0 Å². The molecule has 1 aromatic carbocycles. The van der Waals surface area contributed by atoms with Crippen LogP contribution < -0.4 is 11.1 Å². The van der Waals surface area contributed by atoms with Crippen molar-refractivity contribution in [3.05, 3.63) is 23.8 Å². The summed E-state index contributed by atoms with van der Waals surface area (Å²) in [6.07, 6.45) is -0.517. The van der Waals surface area contributed by atoms with Crippen LogP contribution in [0, 0.1) is 0 Å². The molecule has 17 heavy (non-hydrogen) atoms. The van der Waals surface area contributed by atoms with Gasteiger partial charge in [-0.2, -0.15) is 11.8 Å². The van der Waals surface area contributed by atoms with Gasteiger partial charge in [0.1, 0.15) is 0 Å². The molecule has 0 atom stereocenters. The third-order valence-electron chi connectivity index (χ3n) is 2.57. The van der Waals surface area contributed by atoms with Crippen molar-refractivity contribution >= 4 is 23.1 Å². The summed E-state index contributed by atoms with van der Waals surface area (Å²) in [5, 5.41) is 3.06. The molecular formula is C12H18F2N2S. The fourth-order valence-electron chi connectivity index (χ4n) is 1.30. The molecular weight excluding hydrogens is 242 g/mol. The lowest BCUT2D eigenvalue weighted by molar-refractivity contribution is 0.152. The van der Waals surface area contributed by atoms with Gasteiger partial charge in [-0.3, -0.25) is 0 Å². The molecule has 0 fully saturated rings. The van der Waals surface area contributed by atoms with E-state index in [4.69, 9.17) is 5.73 Å². The Bertz CT molecular complexity index is 381. The summed E-state index contributed by atoms with van der Waals surface area (Å²) in [5.74, 6) is 0. The van der Waals surface area contributed by atoms with Crippen LogP contribution in [0.15, 0.2) is 18.2 Å². The second kappa shape index (κ2) is 5.58. The number of anilines is 2. The molecule has 3 N–H and O–H groups in total. The molecule has 2 nitrogen and oxygen atoms in total. The first-order valence-corrected chi connectivity index (χ1v) is 6.55. The maximum Gasteiger partial charge on any atom is 0.265 e. The van der Waals surface area contributed by atoms with E-state index in [9.17, 15) is 8.78 Å². The van der Waals surface area contributed by atoms with E-state index in [1.807, 2.05) is 6.26 Å². The fourth-order valence-corrected chi connectivity index (χ4v) is 1.52. The lowest BCUT2D eigenvalue weighted by Crippen LogP contribution is -2.26. The molecule has 0 heterocycles. The Balaban J connectivity index is 2.84. The number of nitrogen functional groups attached to an aromatic ring is 1. The average Bonchev–Trinajstić information content (AvgIpc) is 2.27. The Morgan fingerprint density at radius 2 is 2.06 bits per heavy atom.